The van der Waals surface area contributed by atoms with Crippen molar-refractivity contribution in [2.24, 2.45) is 0 Å². The molecule has 1 nitrogen and oxygen atoms in total. The third-order valence-electron chi connectivity index (χ3n) is 2.36. The van der Waals surface area contributed by atoms with E-state index < -0.39 is 11.6 Å². The number of benzene rings is 2. The SMILES string of the molecule is Fc1cccc(F)c1CNc1cccc(I)c1. The highest BCUT2D eigenvalue weighted by Crippen LogP contribution is 2.16. The Hall–Kier alpha value is -1.17. The summed E-state index contributed by atoms with van der Waals surface area (Å²) < 4.78 is 27.8. The van der Waals surface area contributed by atoms with Gasteiger partial charge in [-0.1, -0.05) is 12.1 Å². The number of hydrogen-bond donors (Lipinski definition) is 1. The Kier molecular flexibility index (Phi) is 3.93. The van der Waals surface area contributed by atoms with Gasteiger partial charge in [0.05, 0.1) is 0 Å². The van der Waals surface area contributed by atoms with Crippen molar-refractivity contribution in [1.29, 1.82) is 0 Å². The van der Waals surface area contributed by atoms with Gasteiger partial charge in [-0.25, -0.2) is 8.78 Å². The molecule has 4 heteroatoms. The molecule has 0 radical (unpaired) electrons. The molecule has 1 N–H and O–H groups in total. The van der Waals surface area contributed by atoms with Crippen LogP contribution < -0.4 is 5.32 Å². The summed E-state index contributed by atoms with van der Waals surface area (Å²) in [6.07, 6.45) is 0. The maximum absolute atomic E-state index is 13.4. The summed E-state index contributed by atoms with van der Waals surface area (Å²) in [5, 5.41) is 3.00. The first-order valence-corrected chi connectivity index (χ1v) is 6.17. The molecule has 0 atom stereocenters. The zero-order chi connectivity index (χ0) is 12.3. The first kappa shape index (κ1) is 12.3. The minimum Gasteiger partial charge on any atom is -0.381 e. The van der Waals surface area contributed by atoms with Crippen LogP contribution in [-0.2, 0) is 6.54 Å². The molecular formula is C13H10F2IN. The molecule has 0 heterocycles. The van der Waals surface area contributed by atoms with Gasteiger partial charge >= 0.3 is 0 Å². The van der Waals surface area contributed by atoms with E-state index in [-0.39, 0.29) is 12.1 Å². The number of anilines is 1. The van der Waals surface area contributed by atoms with E-state index >= 15 is 0 Å². The van der Waals surface area contributed by atoms with E-state index in [1.807, 2.05) is 24.3 Å². The van der Waals surface area contributed by atoms with Gasteiger partial charge in [-0.2, -0.15) is 0 Å². The Morgan fingerprint density at radius 1 is 1.00 bits per heavy atom. The van der Waals surface area contributed by atoms with E-state index in [1.54, 1.807) is 0 Å². The molecule has 0 amide bonds. The molecule has 0 aliphatic heterocycles. The second-order valence-corrected chi connectivity index (χ2v) is 4.81. The van der Waals surface area contributed by atoms with Gasteiger partial charge in [0.2, 0.25) is 0 Å². The highest BCUT2D eigenvalue weighted by atomic mass is 127. The molecule has 0 spiro atoms. The summed E-state index contributed by atoms with van der Waals surface area (Å²) in [5.41, 5.74) is 0.908. The first-order valence-electron chi connectivity index (χ1n) is 5.09. The number of nitrogens with one attached hydrogen (secondary N) is 1. The largest absolute Gasteiger partial charge is 0.381 e. The minimum atomic E-state index is -0.525. The van der Waals surface area contributed by atoms with Gasteiger partial charge in [-0.3, -0.25) is 0 Å². The summed E-state index contributed by atoms with van der Waals surface area (Å²) >= 11 is 2.19. The second kappa shape index (κ2) is 5.44. The van der Waals surface area contributed by atoms with E-state index in [4.69, 9.17) is 0 Å². The number of halogens is 3. The smallest absolute Gasteiger partial charge is 0.131 e. The van der Waals surface area contributed by atoms with Gasteiger partial charge in [-0.15, -0.1) is 0 Å². The van der Waals surface area contributed by atoms with E-state index in [1.165, 1.54) is 18.2 Å². The Morgan fingerprint density at radius 2 is 1.65 bits per heavy atom. The lowest BCUT2D eigenvalue weighted by Gasteiger charge is -2.08. The topological polar surface area (TPSA) is 12.0 Å². The Bertz CT molecular complexity index is 508. The Balaban J connectivity index is 2.13. The standard InChI is InChI=1S/C13H10F2IN/c14-12-5-2-6-13(15)11(12)8-17-10-4-1-3-9(16)7-10/h1-7,17H,8H2. The molecule has 0 bridgehead atoms. The maximum Gasteiger partial charge on any atom is 0.131 e. The van der Waals surface area contributed by atoms with Gasteiger partial charge in [0.25, 0.3) is 0 Å². The highest BCUT2D eigenvalue weighted by molar-refractivity contribution is 14.1. The van der Waals surface area contributed by atoms with Crippen LogP contribution in [-0.4, -0.2) is 0 Å². The molecule has 0 fully saturated rings. The zero-order valence-electron chi connectivity index (χ0n) is 8.88. The lowest BCUT2D eigenvalue weighted by molar-refractivity contribution is 0.560. The lowest BCUT2D eigenvalue weighted by atomic mass is 10.2. The van der Waals surface area contributed by atoms with Crippen LogP contribution in [0.15, 0.2) is 42.5 Å². The fourth-order valence-electron chi connectivity index (χ4n) is 1.49. The van der Waals surface area contributed by atoms with Crippen molar-refractivity contribution in [1.82, 2.24) is 0 Å². The number of hydrogen-bond acceptors (Lipinski definition) is 1. The van der Waals surface area contributed by atoms with E-state index in [2.05, 4.69) is 27.9 Å². The van der Waals surface area contributed by atoms with Crippen molar-refractivity contribution in [3.05, 3.63) is 63.2 Å². The zero-order valence-corrected chi connectivity index (χ0v) is 11.0. The lowest BCUT2D eigenvalue weighted by Crippen LogP contribution is -2.04. The summed E-state index contributed by atoms with van der Waals surface area (Å²) in [5.74, 6) is -1.05. The summed E-state index contributed by atoms with van der Waals surface area (Å²) in [6.45, 7) is 0.137. The van der Waals surface area contributed by atoms with E-state index in [0.717, 1.165) is 9.26 Å². The van der Waals surface area contributed by atoms with Crippen molar-refractivity contribution >= 4 is 28.3 Å². The Morgan fingerprint density at radius 3 is 2.29 bits per heavy atom. The number of rotatable bonds is 3. The molecule has 17 heavy (non-hydrogen) atoms. The van der Waals surface area contributed by atoms with Crippen molar-refractivity contribution in [2.75, 3.05) is 5.32 Å². The molecule has 88 valence electrons. The quantitative estimate of drug-likeness (QED) is 0.823. The van der Waals surface area contributed by atoms with Crippen LogP contribution in [0.3, 0.4) is 0 Å². The fourth-order valence-corrected chi connectivity index (χ4v) is 2.03. The van der Waals surface area contributed by atoms with Crippen LogP contribution in [0.4, 0.5) is 14.5 Å². The van der Waals surface area contributed by atoms with Crippen LogP contribution in [0.2, 0.25) is 0 Å². The van der Waals surface area contributed by atoms with Crippen LogP contribution >= 0.6 is 22.6 Å². The Labute approximate surface area is 112 Å². The highest BCUT2D eigenvalue weighted by Gasteiger charge is 2.07. The second-order valence-electron chi connectivity index (χ2n) is 3.56. The summed E-state index contributed by atoms with van der Waals surface area (Å²) in [7, 11) is 0. The van der Waals surface area contributed by atoms with Gasteiger partial charge in [0.15, 0.2) is 0 Å². The van der Waals surface area contributed by atoms with Gasteiger partial charge < -0.3 is 5.32 Å². The molecule has 2 aromatic carbocycles. The molecule has 0 unspecified atom stereocenters. The molecule has 2 rings (SSSR count). The van der Waals surface area contributed by atoms with Crippen molar-refractivity contribution in [3.63, 3.8) is 0 Å². The molecule has 0 saturated carbocycles. The third-order valence-corrected chi connectivity index (χ3v) is 3.03. The predicted octanol–water partition coefficient (Wildman–Crippen LogP) is 4.18. The van der Waals surface area contributed by atoms with Crippen molar-refractivity contribution < 1.29 is 8.78 Å². The van der Waals surface area contributed by atoms with Crippen LogP contribution in [0.1, 0.15) is 5.56 Å². The molecule has 0 aromatic heterocycles. The van der Waals surface area contributed by atoms with E-state index in [0.29, 0.717) is 0 Å². The van der Waals surface area contributed by atoms with Crippen LogP contribution in [0.5, 0.6) is 0 Å². The molecular weight excluding hydrogens is 335 g/mol. The molecule has 0 aliphatic carbocycles. The average Bonchev–Trinajstić information content (AvgIpc) is 2.28. The monoisotopic (exact) mass is 345 g/mol. The maximum atomic E-state index is 13.4. The van der Waals surface area contributed by atoms with Crippen LogP contribution in [0, 0.1) is 15.2 Å². The van der Waals surface area contributed by atoms with Crippen molar-refractivity contribution in [3.8, 4) is 0 Å². The van der Waals surface area contributed by atoms with Gasteiger partial charge in [0.1, 0.15) is 11.6 Å². The summed E-state index contributed by atoms with van der Waals surface area (Å²) in [6, 6.07) is 11.5. The molecule has 2 aromatic rings. The normalized spacial score (nSPS) is 10.3. The molecule has 0 aliphatic rings. The van der Waals surface area contributed by atoms with Gasteiger partial charge in [-0.05, 0) is 52.9 Å². The van der Waals surface area contributed by atoms with Crippen LogP contribution in [0.25, 0.3) is 0 Å². The van der Waals surface area contributed by atoms with Gasteiger partial charge in [0, 0.05) is 21.4 Å². The van der Waals surface area contributed by atoms with E-state index in [9.17, 15) is 8.78 Å². The molecule has 0 saturated heterocycles. The summed E-state index contributed by atoms with van der Waals surface area (Å²) in [4.78, 5) is 0. The first-order chi connectivity index (χ1) is 8.16. The average molecular weight is 345 g/mol. The third kappa shape index (κ3) is 3.15. The fraction of sp³-hybridized carbons (Fsp3) is 0.0769. The predicted molar refractivity (Wildman–Crippen MR) is 72.8 cm³/mol. The minimum absolute atomic E-state index is 0.0614. The van der Waals surface area contributed by atoms with Crippen molar-refractivity contribution in [2.45, 2.75) is 6.54 Å².